The van der Waals surface area contributed by atoms with Crippen LogP contribution in [0.2, 0.25) is 0 Å². The van der Waals surface area contributed by atoms with E-state index >= 15 is 0 Å². The van der Waals surface area contributed by atoms with E-state index in [0.29, 0.717) is 6.54 Å². The van der Waals surface area contributed by atoms with E-state index in [1.807, 2.05) is 42.0 Å². The van der Waals surface area contributed by atoms with Gasteiger partial charge in [-0.2, -0.15) is 0 Å². The molecule has 1 aromatic carbocycles. The Morgan fingerprint density at radius 2 is 2.00 bits per heavy atom. The van der Waals surface area contributed by atoms with Gasteiger partial charge in [-0.1, -0.05) is 28.1 Å². The van der Waals surface area contributed by atoms with E-state index in [1.54, 1.807) is 19.4 Å². The summed E-state index contributed by atoms with van der Waals surface area (Å²) in [6.07, 6.45) is 5.29. The molecule has 0 fully saturated rings. The Kier molecular flexibility index (Phi) is 8.84. The molecule has 0 aliphatic heterocycles. The lowest BCUT2D eigenvalue weighted by molar-refractivity contribution is -0.126. The van der Waals surface area contributed by atoms with Crippen molar-refractivity contribution in [2.75, 3.05) is 0 Å². The smallest absolute Gasteiger partial charge is 0.244 e. The number of halogens is 3. The lowest BCUT2D eigenvalue weighted by atomic mass is 9.92. The second-order valence-corrected chi connectivity index (χ2v) is 6.26. The number of amides is 1. The van der Waals surface area contributed by atoms with Gasteiger partial charge >= 0.3 is 0 Å². The van der Waals surface area contributed by atoms with Crippen molar-refractivity contribution in [2.45, 2.75) is 32.0 Å². The summed E-state index contributed by atoms with van der Waals surface area (Å²) in [5.41, 5.74) is 5.92. The molecule has 0 aliphatic carbocycles. The minimum absolute atomic E-state index is 0. The summed E-state index contributed by atoms with van der Waals surface area (Å²) in [4.78, 5) is 16.4. The third-order valence-electron chi connectivity index (χ3n) is 3.34. The molecule has 0 saturated carbocycles. The molecule has 0 radical (unpaired) electrons. The molecule has 3 N–H and O–H groups in total. The normalized spacial score (nSPS) is 13.9. The molecule has 1 heterocycles. The lowest BCUT2D eigenvalue weighted by Gasteiger charge is -2.26. The zero-order valence-corrected chi connectivity index (χ0v) is 16.1. The Bertz CT molecular complexity index is 602. The number of nitrogens with zero attached hydrogens (tertiary/aromatic N) is 2. The third kappa shape index (κ3) is 5.80. The molecule has 1 amide bonds. The standard InChI is InChI=1S/C15H19BrN4O.2ClH/c1-11(9-20-8-7-18-10-20)19-14(21)15(2,17)12-3-5-13(16)6-4-12;;/h3-8,10-11H,9,17H2,1-2H3,(H,19,21);2*1H. The van der Waals surface area contributed by atoms with Gasteiger partial charge in [0, 0.05) is 29.5 Å². The lowest BCUT2D eigenvalue weighted by Crippen LogP contribution is -2.52. The minimum Gasteiger partial charge on any atom is -0.350 e. The summed E-state index contributed by atoms with van der Waals surface area (Å²) in [6, 6.07) is 7.42. The van der Waals surface area contributed by atoms with Crippen LogP contribution in [0.25, 0.3) is 0 Å². The Hall–Kier alpha value is -1.08. The summed E-state index contributed by atoms with van der Waals surface area (Å²) < 4.78 is 2.87. The maximum atomic E-state index is 12.4. The molecule has 0 saturated heterocycles. The van der Waals surface area contributed by atoms with Gasteiger partial charge in [0.05, 0.1) is 6.33 Å². The van der Waals surface area contributed by atoms with Gasteiger partial charge in [-0.05, 0) is 31.5 Å². The first-order valence-corrected chi connectivity index (χ1v) is 7.50. The molecule has 0 spiro atoms. The fourth-order valence-electron chi connectivity index (χ4n) is 2.06. The molecule has 128 valence electrons. The van der Waals surface area contributed by atoms with Crippen molar-refractivity contribution in [1.29, 1.82) is 0 Å². The van der Waals surface area contributed by atoms with Crippen molar-refractivity contribution >= 4 is 46.7 Å². The number of benzene rings is 1. The van der Waals surface area contributed by atoms with Crippen LogP contribution in [0.15, 0.2) is 47.5 Å². The van der Waals surface area contributed by atoms with Gasteiger partial charge in [-0.15, -0.1) is 24.8 Å². The first-order chi connectivity index (χ1) is 9.89. The average Bonchev–Trinajstić information content (AvgIpc) is 2.91. The fraction of sp³-hybridized carbons (Fsp3) is 0.333. The molecule has 0 aliphatic rings. The number of imidazole rings is 1. The SMILES string of the molecule is CC(Cn1ccnc1)NC(=O)C(C)(N)c1ccc(Br)cc1.Cl.Cl. The Morgan fingerprint density at radius 1 is 1.39 bits per heavy atom. The fourth-order valence-corrected chi connectivity index (χ4v) is 2.32. The predicted molar refractivity (Wildman–Crippen MR) is 100 cm³/mol. The van der Waals surface area contributed by atoms with Crippen molar-refractivity contribution in [3.63, 3.8) is 0 Å². The Labute approximate surface area is 157 Å². The molecule has 2 unspecified atom stereocenters. The van der Waals surface area contributed by atoms with Crippen LogP contribution in [-0.2, 0) is 16.9 Å². The van der Waals surface area contributed by atoms with Gasteiger partial charge in [0.1, 0.15) is 5.54 Å². The van der Waals surface area contributed by atoms with Gasteiger partial charge in [-0.3, -0.25) is 4.79 Å². The van der Waals surface area contributed by atoms with Crippen LogP contribution in [0.4, 0.5) is 0 Å². The van der Waals surface area contributed by atoms with E-state index in [0.717, 1.165) is 10.0 Å². The topological polar surface area (TPSA) is 72.9 Å². The zero-order valence-electron chi connectivity index (χ0n) is 12.9. The number of carbonyl (C=O) groups excluding carboxylic acids is 1. The van der Waals surface area contributed by atoms with Crippen molar-refractivity contribution in [3.8, 4) is 0 Å². The summed E-state index contributed by atoms with van der Waals surface area (Å²) in [7, 11) is 0. The predicted octanol–water partition coefficient (Wildman–Crippen LogP) is 2.87. The van der Waals surface area contributed by atoms with E-state index in [-0.39, 0.29) is 36.8 Å². The van der Waals surface area contributed by atoms with E-state index in [9.17, 15) is 4.79 Å². The van der Waals surface area contributed by atoms with Crippen LogP contribution < -0.4 is 11.1 Å². The second kappa shape index (κ2) is 9.27. The number of rotatable bonds is 5. The summed E-state index contributed by atoms with van der Waals surface area (Å²) in [5, 5.41) is 2.95. The number of aromatic nitrogens is 2. The molecular formula is C15H21BrCl2N4O. The monoisotopic (exact) mass is 422 g/mol. The van der Waals surface area contributed by atoms with Crippen molar-refractivity contribution in [2.24, 2.45) is 5.73 Å². The number of hydrogen-bond donors (Lipinski definition) is 2. The summed E-state index contributed by atoms with van der Waals surface area (Å²) in [6.45, 7) is 4.31. The molecule has 2 aromatic rings. The minimum atomic E-state index is -1.07. The molecule has 8 heteroatoms. The highest BCUT2D eigenvalue weighted by atomic mass is 79.9. The van der Waals surface area contributed by atoms with E-state index in [1.165, 1.54) is 0 Å². The van der Waals surface area contributed by atoms with Crippen LogP contribution in [0, 0.1) is 0 Å². The van der Waals surface area contributed by atoms with Gasteiger partial charge in [-0.25, -0.2) is 4.98 Å². The first kappa shape index (κ1) is 21.9. The molecular weight excluding hydrogens is 403 g/mol. The second-order valence-electron chi connectivity index (χ2n) is 5.34. The van der Waals surface area contributed by atoms with E-state index in [2.05, 4.69) is 26.2 Å². The van der Waals surface area contributed by atoms with Crippen LogP contribution in [0.3, 0.4) is 0 Å². The Morgan fingerprint density at radius 3 is 2.52 bits per heavy atom. The summed E-state index contributed by atoms with van der Waals surface area (Å²) in [5.74, 6) is -0.197. The maximum absolute atomic E-state index is 12.4. The van der Waals surface area contributed by atoms with Crippen molar-refractivity contribution in [1.82, 2.24) is 14.9 Å². The van der Waals surface area contributed by atoms with Crippen LogP contribution >= 0.6 is 40.7 Å². The van der Waals surface area contributed by atoms with Gasteiger partial charge in [0.15, 0.2) is 0 Å². The van der Waals surface area contributed by atoms with E-state index in [4.69, 9.17) is 5.73 Å². The van der Waals surface area contributed by atoms with Gasteiger partial charge in [0.25, 0.3) is 0 Å². The van der Waals surface area contributed by atoms with Crippen LogP contribution in [0.1, 0.15) is 19.4 Å². The molecule has 2 rings (SSSR count). The number of nitrogens with two attached hydrogens (primary N) is 1. The Balaban J connectivity index is 0.00000242. The van der Waals surface area contributed by atoms with Crippen LogP contribution in [-0.4, -0.2) is 21.5 Å². The molecule has 23 heavy (non-hydrogen) atoms. The highest BCUT2D eigenvalue weighted by Crippen LogP contribution is 2.20. The van der Waals surface area contributed by atoms with Gasteiger partial charge in [0.2, 0.25) is 5.91 Å². The average molecular weight is 424 g/mol. The molecule has 0 bridgehead atoms. The third-order valence-corrected chi connectivity index (χ3v) is 3.87. The van der Waals surface area contributed by atoms with E-state index < -0.39 is 5.54 Å². The number of hydrogen-bond acceptors (Lipinski definition) is 3. The zero-order chi connectivity index (χ0) is 15.5. The van der Waals surface area contributed by atoms with Crippen LogP contribution in [0.5, 0.6) is 0 Å². The molecule has 2 atom stereocenters. The number of nitrogens with one attached hydrogen (secondary N) is 1. The first-order valence-electron chi connectivity index (χ1n) is 6.71. The van der Waals surface area contributed by atoms with Crippen molar-refractivity contribution in [3.05, 3.63) is 53.0 Å². The molecule has 5 nitrogen and oxygen atoms in total. The highest BCUT2D eigenvalue weighted by molar-refractivity contribution is 9.10. The molecule has 1 aromatic heterocycles. The number of carbonyl (C=O) groups is 1. The summed E-state index contributed by atoms with van der Waals surface area (Å²) >= 11 is 3.37. The largest absolute Gasteiger partial charge is 0.350 e. The maximum Gasteiger partial charge on any atom is 0.244 e. The quantitative estimate of drug-likeness (QED) is 0.776. The highest BCUT2D eigenvalue weighted by Gasteiger charge is 2.31. The van der Waals surface area contributed by atoms with Crippen molar-refractivity contribution < 1.29 is 4.79 Å². The van der Waals surface area contributed by atoms with Gasteiger partial charge < -0.3 is 15.6 Å².